The van der Waals surface area contributed by atoms with Crippen LogP contribution in [0, 0.1) is 0 Å². The van der Waals surface area contributed by atoms with Gasteiger partial charge in [-0.3, -0.25) is 5.32 Å². The zero-order valence-corrected chi connectivity index (χ0v) is 11.3. The maximum Gasteiger partial charge on any atom is 0.329 e. The number of hydrogen-bond donors (Lipinski definition) is 1. The Kier molecular flexibility index (Phi) is 5.80. The van der Waals surface area contributed by atoms with Crippen LogP contribution in [0.4, 0.5) is 0 Å². The van der Waals surface area contributed by atoms with E-state index in [2.05, 4.69) is 10.3 Å². The van der Waals surface area contributed by atoms with Crippen LogP contribution in [0.15, 0.2) is 12.5 Å². The molecule has 1 heterocycles. The van der Waals surface area contributed by atoms with E-state index in [0.29, 0.717) is 13.2 Å². The van der Waals surface area contributed by atoms with Crippen molar-refractivity contribution < 1.29 is 14.3 Å². The molecule has 1 unspecified atom stereocenters. The van der Waals surface area contributed by atoms with Crippen molar-refractivity contribution in [3.05, 3.63) is 18.2 Å². The average Bonchev–Trinajstić information content (AvgIpc) is 2.83. The first-order valence-corrected chi connectivity index (χ1v) is 5.93. The highest BCUT2D eigenvalue weighted by atomic mass is 16.5. The van der Waals surface area contributed by atoms with Crippen LogP contribution in [-0.2, 0) is 14.3 Å². The third-order valence-electron chi connectivity index (χ3n) is 2.64. The molecule has 0 aromatic carbocycles. The van der Waals surface area contributed by atoms with Crippen molar-refractivity contribution in [1.29, 1.82) is 0 Å². The molecule has 1 aromatic rings. The number of imidazole rings is 1. The van der Waals surface area contributed by atoms with Crippen molar-refractivity contribution in [3.63, 3.8) is 0 Å². The fraction of sp³-hybridized carbons (Fsp3) is 0.667. The van der Waals surface area contributed by atoms with Crippen LogP contribution in [0.3, 0.4) is 0 Å². The Hall–Kier alpha value is -1.40. The van der Waals surface area contributed by atoms with Gasteiger partial charge in [0.15, 0.2) is 0 Å². The highest BCUT2D eigenvalue weighted by Crippen LogP contribution is 2.18. The molecule has 0 aliphatic heterocycles. The number of ether oxygens (including phenoxy) is 2. The van der Waals surface area contributed by atoms with Gasteiger partial charge in [0.25, 0.3) is 0 Å². The number of nitrogens with one attached hydrogen (secondary N) is 1. The number of esters is 1. The minimum atomic E-state index is -0.518. The molecule has 0 fully saturated rings. The van der Waals surface area contributed by atoms with E-state index >= 15 is 0 Å². The summed E-state index contributed by atoms with van der Waals surface area (Å²) in [6.07, 6.45) is 3.40. The summed E-state index contributed by atoms with van der Waals surface area (Å²) < 4.78 is 11.7. The normalized spacial score (nSPS) is 12.7. The van der Waals surface area contributed by atoms with Gasteiger partial charge in [0.05, 0.1) is 31.9 Å². The Bertz CT molecular complexity index is 376. The maximum atomic E-state index is 11.8. The van der Waals surface area contributed by atoms with Gasteiger partial charge in [-0.15, -0.1) is 0 Å². The van der Waals surface area contributed by atoms with Gasteiger partial charge in [-0.1, -0.05) is 0 Å². The molecule has 0 aliphatic carbocycles. The lowest BCUT2D eigenvalue weighted by Gasteiger charge is -2.20. The summed E-state index contributed by atoms with van der Waals surface area (Å²) in [7, 11) is 3.00. The smallest absolute Gasteiger partial charge is 0.329 e. The largest absolute Gasteiger partial charge is 0.468 e. The predicted octanol–water partition coefficient (Wildman–Crippen LogP) is 0.914. The van der Waals surface area contributed by atoms with E-state index in [1.165, 1.54) is 7.11 Å². The molecule has 1 aromatic heterocycles. The SMILES string of the molecule is COCCNC(C(=O)OC)c1cncn1C(C)C. The number of nitrogens with zero attached hydrogens (tertiary/aromatic N) is 2. The number of methoxy groups -OCH3 is 2. The van der Waals surface area contributed by atoms with Gasteiger partial charge < -0.3 is 14.0 Å². The summed E-state index contributed by atoms with van der Waals surface area (Å²) in [5.74, 6) is -0.325. The van der Waals surface area contributed by atoms with Crippen LogP contribution in [-0.4, -0.2) is 42.9 Å². The van der Waals surface area contributed by atoms with E-state index < -0.39 is 6.04 Å². The van der Waals surface area contributed by atoms with Gasteiger partial charge in [0, 0.05) is 19.7 Å². The molecular formula is C12H21N3O3. The molecule has 1 N–H and O–H groups in total. The molecule has 1 atom stereocenters. The maximum absolute atomic E-state index is 11.8. The quantitative estimate of drug-likeness (QED) is 0.579. The molecule has 0 bridgehead atoms. The topological polar surface area (TPSA) is 65.4 Å². The fourth-order valence-corrected chi connectivity index (χ4v) is 1.70. The molecule has 0 radical (unpaired) electrons. The number of aromatic nitrogens is 2. The van der Waals surface area contributed by atoms with Gasteiger partial charge in [-0.2, -0.15) is 0 Å². The van der Waals surface area contributed by atoms with Crippen LogP contribution < -0.4 is 5.32 Å². The lowest BCUT2D eigenvalue weighted by Crippen LogP contribution is -2.33. The fourth-order valence-electron chi connectivity index (χ4n) is 1.70. The van der Waals surface area contributed by atoms with Crippen LogP contribution in [0.1, 0.15) is 31.6 Å². The van der Waals surface area contributed by atoms with Gasteiger partial charge in [0.1, 0.15) is 6.04 Å². The van der Waals surface area contributed by atoms with Gasteiger partial charge >= 0.3 is 5.97 Å². The predicted molar refractivity (Wildman–Crippen MR) is 67.2 cm³/mol. The molecule has 6 heteroatoms. The summed E-state index contributed by atoms with van der Waals surface area (Å²) in [5, 5.41) is 3.11. The molecule has 6 nitrogen and oxygen atoms in total. The Morgan fingerprint density at radius 1 is 1.50 bits per heavy atom. The number of carbonyl (C=O) groups excluding carboxylic acids is 1. The van der Waals surface area contributed by atoms with Crippen LogP contribution in [0.25, 0.3) is 0 Å². The molecule has 102 valence electrons. The first-order chi connectivity index (χ1) is 8.61. The van der Waals surface area contributed by atoms with Crippen LogP contribution in [0.5, 0.6) is 0 Å². The zero-order chi connectivity index (χ0) is 13.5. The van der Waals surface area contributed by atoms with Crippen molar-refractivity contribution in [2.75, 3.05) is 27.4 Å². The molecule has 0 amide bonds. The third-order valence-corrected chi connectivity index (χ3v) is 2.64. The number of carbonyl (C=O) groups is 1. The lowest BCUT2D eigenvalue weighted by atomic mass is 10.2. The number of hydrogen-bond acceptors (Lipinski definition) is 5. The Balaban J connectivity index is 2.87. The first kappa shape index (κ1) is 14.7. The van der Waals surface area contributed by atoms with Crippen molar-refractivity contribution in [2.45, 2.75) is 25.9 Å². The van der Waals surface area contributed by atoms with E-state index in [1.807, 2.05) is 18.4 Å². The summed E-state index contributed by atoms with van der Waals surface area (Å²) in [6, 6.07) is -0.283. The first-order valence-electron chi connectivity index (χ1n) is 5.93. The highest BCUT2D eigenvalue weighted by Gasteiger charge is 2.24. The van der Waals surface area contributed by atoms with Crippen molar-refractivity contribution in [3.8, 4) is 0 Å². The van der Waals surface area contributed by atoms with E-state index in [-0.39, 0.29) is 12.0 Å². The monoisotopic (exact) mass is 255 g/mol. The standard InChI is InChI=1S/C12H21N3O3/c1-9(2)15-8-13-7-10(15)11(12(16)18-4)14-5-6-17-3/h7-9,11,14H,5-6H2,1-4H3. The van der Waals surface area contributed by atoms with Gasteiger partial charge in [0.2, 0.25) is 0 Å². The minimum Gasteiger partial charge on any atom is -0.468 e. The Morgan fingerprint density at radius 2 is 2.22 bits per heavy atom. The summed E-state index contributed by atoms with van der Waals surface area (Å²) in [5.41, 5.74) is 0.799. The molecule has 0 aliphatic rings. The summed E-state index contributed by atoms with van der Waals surface area (Å²) >= 11 is 0. The van der Waals surface area contributed by atoms with Crippen LogP contribution >= 0.6 is 0 Å². The van der Waals surface area contributed by atoms with E-state index in [9.17, 15) is 4.79 Å². The second-order valence-corrected chi connectivity index (χ2v) is 4.22. The molecule has 0 saturated carbocycles. The van der Waals surface area contributed by atoms with E-state index in [0.717, 1.165) is 5.69 Å². The third kappa shape index (κ3) is 3.54. The average molecular weight is 255 g/mol. The van der Waals surface area contributed by atoms with E-state index in [4.69, 9.17) is 9.47 Å². The zero-order valence-electron chi connectivity index (χ0n) is 11.3. The molecule has 18 heavy (non-hydrogen) atoms. The molecule has 1 rings (SSSR count). The molecule has 0 saturated heterocycles. The van der Waals surface area contributed by atoms with Crippen molar-refractivity contribution >= 4 is 5.97 Å². The summed E-state index contributed by atoms with van der Waals surface area (Å²) in [6.45, 7) is 5.17. The second-order valence-electron chi connectivity index (χ2n) is 4.22. The van der Waals surface area contributed by atoms with Crippen molar-refractivity contribution in [2.24, 2.45) is 0 Å². The van der Waals surface area contributed by atoms with Crippen LogP contribution in [0.2, 0.25) is 0 Å². The Labute approximate surface area is 107 Å². The van der Waals surface area contributed by atoms with Gasteiger partial charge in [-0.25, -0.2) is 9.78 Å². The minimum absolute atomic E-state index is 0.235. The van der Waals surface area contributed by atoms with E-state index in [1.54, 1.807) is 19.6 Å². The summed E-state index contributed by atoms with van der Waals surface area (Å²) in [4.78, 5) is 15.9. The highest BCUT2D eigenvalue weighted by molar-refractivity contribution is 5.76. The second kappa shape index (κ2) is 7.13. The number of rotatable bonds is 7. The van der Waals surface area contributed by atoms with Crippen molar-refractivity contribution in [1.82, 2.24) is 14.9 Å². The lowest BCUT2D eigenvalue weighted by molar-refractivity contribution is -0.143. The van der Waals surface area contributed by atoms with Gasteiger partial charge in [-0.05, 0) is 13.8 Å². The molecular weight excluding hydrogens is 234 g/mol. The molecule has 0 spiro atoms. The Morgan fingerprint density at radius 3 is 2.78 bits per heavy atom.